The maximum Gasteiger partial charge on any atom is 0.243 e. The van der Waals surface area contributed by atoms with Crippen molar-refractivity contribution >= 4 is 33.4 Å². The molecule has 0 radical (unpaired) electrons. The third-order valence-corrected chi connectivity index (χ3v) is 7.91. The molecule has 0 aliphatic heterocycles. The zero-order valence-electron chi connectivity index (χ0n) is 22.1. The van der Waals surface area contributed by atoms with Crippen molar-refractivity contribution in [3.63, 3.8) is 0 Å². The van der Waals surface area contributed by atoms with Crippen LogP contribution in [0, 0.1) is 0 Å². The molecule has 0 aromatic heterocycles. The van der Waals surface area contributed by atoms with Crippen molar-refractivity contribution in [2.24, 2.45) is 0 Å². The first kappa shape index (κ1) is 29.4. The van der Waals surface area contributed by atoms with E-state index in [4.69, 9.17) is 11.6 Å². The summed E-state index contributed by atoms with van der Waals surface area (Å²) in [5, 5.41) is 3.41. The molecule has 0 aliphatic carbocycles. The molecular weight excluding hydrogens is 522 g/mol. The predicted octanol–water partition coefficient (Wildman–Crippen LogP) is 4.52. The van der Waals surface area contributed by atoms with E-state index in [-0.39, 0.29) is 23.8 Å². The fourth-order valence-electron chi connectivity index (χ4n) is 3.94. The number of amides is 2. The summed E-state index contributed by atoms with van der Waals surface area (Å²) < 4.78 is 27.3. The van der Waals surface area contributed by atoms with Crippen molar-refractivity contribution in [2.75, 3.05) is 13.6 Å². The van der Waals surface area contributed by atoms with Gasteiger partial charge in [0, 0.05) is 30.6 Å². The Balaban J connectivity index is 1.97. The highest BCUT2D eigenvalue weighted by atomic mass is 35.5. The second-order valence-electron chi connectivity index (χ2n) is 10.2. The van der Waals surface area contributed by atoms with Gasteiger partial charge in [0.25, 0.3) is 0 Å². The summed E-state index contributed by atoms with van der Waals surface area (Å²) in [7, 11) is -2.61. The average Bonchev–Trinajstić information content (AvgIpc) is 2.86. The minimum absolute atomic E-state index is 0.0260. The van der Waals surface area contributed by atoms with Crippen LogP contribution in [0.2, 0.25) is 5.02 Å². The van der Waals surface area contributed by atoms with Gasteiger partial charge in [-0.15, -0.1) is 0 Å². The van der Waals surface area contributed by atoms with Crippen LogP contribution < -0.4 is 5.32 Å². The van der Waals surface area contributed by atoms with E-state index in [2.05, 4.69) is 5.32 Å². The fraction of sp³-hybridized carbons (Fsp3) is 0.310. The molecule has 0 fully saturated rings. The fourth-order valence-corrected chi connectivity index (χ4v) is 5.19. The van der Waals surface area contributed by atoms with E-state index in [9.17, 15) is 18.0 Å². The SMILES string of the molecule is CN(CC(=O)N(Cc1ccccc1)[C@H](Cc1ccccc1)C(=O)NC(C)(C)C)S(=O)(=O)c1ccc(Cl)cc1. The highest BCUT2D eigenvalue weighted by Crippen LogP contribution is 2.20. The molecule has 7 nitrogen and oxygen atoms in total. The van der Waals surface area contributed by atoms with Crippen LogP contribution >= 0.6 is 11.6 Å². The summed E-state index contributed by atoms with van der Waals surface area (Å²) in [5.74, 6) is -0.798. The van der Waals surface area contributed by atoms with E-state index in [0.29, 0.717) is 5.02 Å². The molecular formula is C29H34ClN3O4S. The van der Waals surface area contributed by atoms with Gasteiger partial charge >= 0.3 is 0 Å². The molecule has 1 atom stereocenters. The molecule has 0 aliphatic rings. The number of hydrogen-bond acceptors (Lipinski definition) is 4. The third kappa shape index (κ3) is 8.15. The van der Waals surface area contributed by atoms with E-state index in [1.54, 1.807) is 0 Å². The van der Waals surface area contributed by atoms with Crippen molar-refractivity contribution in [1.29, 1.82) is 0 Å². The van der Waals surface area contributed by atoms with Gasteiger partial charge in [-0.2, -0.15) is 4.31 Å². The summed E-state index contributed by atoms with van der Waals surface area (Å²) in [4.78, 5) is 28.9. The Kier molecular flexibility index (Phi) is 9.71. The maximum absolute atomic E-state index is 13.8. The van der Waals surface area contributed by atoms with Crippen molar-refractivity contribution in [3.8, 4) is 0 Å². The summed E-state index contributed by atoms with van der Waals surface area (Å²) in [6.45, 7) is 5.33. The Morgan fingerprint density at radius 3 is 1.92 bits per heavy atom. The van der Waals surface area contributed by atoms with Crippen LogP contribution in [0.5, 0.6) is 0 Å². The molecule has 38 heavy (non-hydrogen) atoms. The lowest BCUT2D eigenvalue weighted by molar-refractivity contribution is -0.141. The number of sulfonamides is 1. The Labute approximate surface area is 230 Å². The van der Waals surface area contributed by atoms with E-state index in [1.165, 1.54) is 36.2 Å². The molecule has 3 aromatic carbocycles. The number of carbonyl (C=O) groups excluding carboxylic acids is 2. The number of nitrogens with zero attached hydrogens (tertiary/aromatic N) is 2. The molecule has 0 saturated carbocycles. The predicted molar refractivity (Wildman–Crippen MR) is 150 cm³/mol. The molecule has 0 spiro atoms. The number of carbonyl (C=O) groups is 2. The molecule has 2 amide bonds. The second kappa shape index (κ2) is 12.6. The summed E-state index contributed by atoms with van der Waals surface area (Å²) in [6.07, 6.45) is 0.273. The van der Waals surface area contributed by atoms with Crippen molar-refractivity contribution in [1.82, 2.24) is 14.5 Å². The lowest BCUT2D eigenvalue weighted by Crippen LogP contribution is -2.56. The molecule has 0 unspecified atom stereocenters. The summed E-state index contributed by atoms with van der Waals surface area (Å²) in [5.41, 5.74) is 1.18. The monoisotopic (exact) mass is 555 g/mol. The molecule has 3 rings (SSSR count). The molecule has 202 valence electrons. The Morgan fingerprint density at radius 2 is 1.39 bits per heavy atom. The van der Waals surface area contributed by atoms with Gasteiger partial charge in [0.05, 0.1) is 11.4 Å². The van der Waals surface area contributed by atoms with Gasteiger partial charge in [-0.3, -0.25) is 9.59 Å². The van der Waals surface area contributed by atoms with Crippen LogP contribution in [-0.2, 0) is 32.6 Å². The minimum Gasteiger partial charge on any atom is -0.350 e. The lowest BCUT2D eigenvalue weighted by atomic mass is 10.0. The molecule has 9 heteroatoms. The van der Waals surface area contributed by atoms with E-state index in [1.807, 2.05) is 81.4 Å². The Bertz CT molecular complexity index is 1330. The van der Waals surface area contributed by atoms with Crippen LogP contribution in [0.3, 0.4) is 0 Å². The summed E-state index contributed by atoms with van der Waals surface area (Å²) in [6, 6.07) is 23.7. The average molecular weight is 556 g/mol. The van der Waals surface area contributed by atoms with Gasteiger partial charge < -0.3 is 10.2 Å². The Morgan fingerprint density at radius 1 is 0.868 bits per heavy atom. The second-order valence-corrected chi connectivity index (χ2v) is 12.6. The normalized spacial score (nSPS) is 12.7. The number of benzene rings is 3. The zero-order chi connectivity index (χ0) is 27.9. The quantitative estimate of drug-likeness (QED) is 0.398. The van der Waals surface area contributed by atoms with Gasteiger partial charge in [0.2, 0.25) is 21.8 Å². The standard InChI is InChI=1S/C29H34ClN3O4S/c1-29(2,3)31-28(35)26(19-22-11-7-5-8-12-22)33(20-23-13-9-6-10-14-23)27(34)21-32(4)38(36,37)25-17-15-24(30)16-18-25/h5-18,26H,19-21H2,1-4H3,(H,31,35)/t26-/m1/s1. The van der Waals surface area contributed by atoms with E-state index >= 15 is 0 Å². The third-order valence-electron chi connectivity index (χ3n) is 5.84. The number of nitrogens with one attached hydrogen (secondary N) is 1. The number of halogens is 1. The topological polar surface area (TPSA) is 86.8 Å². The molecule has 0 heterocycles. The number of likely N-dealkylation sites (N-methyl/N-ethyl adjacent to an activating group) is 1. The number of hydrogen-bond donors (Lipinski definition) is 1. The first-order valence-corrected chi connectivity index (χ1v) is 14.1. The van der Waals surface area contributed by atoms with Crippen LogP contribution in [0.15, 0.2) is 89.8 Å². The van der Waals surface area contributed by atoms with Crippen LogP contribution in [0.4, 0.5) is 0 Å². The van der Waals surface area contributed by atoms with E-state index in [0.717, 1.165) is 15.4 Å². The number of rotatable bonds is 10. The first-order valence-electron chi connectivity index (χ1n) is 12.3. The molecule has 0 bridgehead atoms. The lowest BCUT2D eigenvalue weighted by Gasteiger charge is -2.34. The van der Waals surface area contributed by atoms with Crippen molar-refractivity contribution < 1.29 is 18.0 Å². The van der Waals surface area contributed by atoms with Crippen LogP contribution in [0.25, 0.3) is 0 Å². The van der Waals surface area contributed by atoms with Crippen molar-refractivity contribution in [2.45, 2.75) is 50.2 Å². The molecule has 1 N–H and O–H groups in total. The van der Waals surface area contributed by atoms with Crippen LogP contribution in [-0.4, -0.2) is 54.6 Å². The van der Waals surface area contributed by atoms with Crippen molar-refractivity contribution in [3.05, 3.63) is 101 Å². The van der Waals surface area contributed by atoms with Gasteiger partial charge in [-0.05, 0) is 56.2 Å². The molecule has 0 saturated heterocycles. The van der Waals surface area contributed by atoms with Gasteiger partial charge in [0.1, 0.15) is 6.04 Å². The van der Waals surface area contributed by atoms with Gasteiger partial charge in [-0.1, -0.05) is 72.3 Å². The largest absolute Gasteiger partial charge is 0.350 e. The smallest absolute Gasteiger partial charge is 0.243 e. The highest BCUT2D eigenvalue weighted by Gasteiger charge is 2.34. The van der Waals surface area contributed by atoms with Gasteiger partial charge in [0.15, 0.2) is 0 Å². The first-order chi connectivity index (χ1) is 17.9. The maximum atomic E-state index is 13.8. The van der Waals surface area contributed by atoms with Crippen LogP contribution in [0.1, 0.15) is 31.9 Å². The molecule has 3 aromatic rings. The Hall–Kier alpha value is -3.20. The van der Waals surface area contributed by atoms with E-state index < -0.39 is 34.1 Å². The summed E-state index contributed by atoms with van der Waals surface area (Å²) >= 11 is 5.91. The minimum atomic E-state index is -3.96. The van der Waals surface area contributed by atoms with Gasteiger partial charge in [-0.25, -0.2) is 8.42 Å². The highest BCUT2D eigenvalue weighted by molar-refractivity contribution is 7.89. The zero-order valence-corrected chi connectivity index (χ0v) is 23.7.